The van der Waals surface area contributed by atoms with Crippen molar-refractivity contribution in [2.75, 3.05) is 0 Å². The summed E-state index contributed by atoms with van der Waals surface area (Å²) in [6, 6.07) is 5.65. The minimum atomic E-state index is 0.529. The second kappa shape index (κ2) is 8.00. The highest BCUT2D eigenvalue weighted by atomic mass is 35.5. The van der Waals surface area contributed by atoms with Gasteiger partial charge < -0.3 is 4.57 Å². The van der Waals surface area contributed by atoms with Crippen LogP contribution in [0.4, 0.5) is 5.69 Å². The Balaban J connectivity index is 2.58. The fraction of sp³-hybridized carbons (Fsp3) is 0.474. The van der Waals surface area contributed by atoms with E-state index >= 15 is 0 Å². The van der Waals surface area contributed by atoms with Crippen molar-refractivity contribution in [3.05, 3.63) is 44.2 Å². The molecule has 0 atom stereocenters. The Morgan fingerprint density at radius 3 is 2.50 bits per heavy atom. The summed E-state index contributed by atoms with van der Waals surface area (Å²) in [7, 11) is 0. The maximum atomic E-state index is 9.06. The Labute approximate surface area is 153 Å². The molecule has 128 valence electrons. The summed E-state index contributed by atoms with van der Waals surface area (Å²) in [5, 5.41) is 11.8. The Kier molecular flexibility index (Phi) is 6.26. The van der Waals surface area contributed by atoms with Crippen LogP contribution in [0.25, 0.3) is 0 Å². The fourth-order valence-electron chi connectivity index (χ4n) is 2.63. The third-order valence-electron chi connectivity index (χ3n) is 3.63. The van der Waals surface area contributed by atoms with Crippen molar-refractivity contribution in [3.8, 4) is 6.07 Å². The molecule has 24 heavy (non-hydrogen) atoms. The molecule has 0 saturated carbocycles. The molecule has 1 aromatic heterocycles. The minimum Gasteiger partial charge on any atom is -0.321 e. The summed E-state index contributed by atoms with van der Waals surface area (Å²) in [5.74, 6) is 1.15. The highest BCUT2D eigenvalue weighted by Gasteiger charge is 2.11. The van der Waals surface area contributed by atoms with Crippen LogP contribution in [-0.4, -0.2) is 4.57 Å². The van der Waals surface area contributed by atoms with Crippen LogP contribution in [0.3, 0.4) is 0 Å². The van der Waals surface area contributed by atoms with Crippen molar-refractivity contribution in [3.63, 3.8) is 0 Å². The number of nitriles is 1. The van der Waals surface area contributed by atoms with Crippen LogP contribution in [0.5, 0.6) is 0 Å². The third kappa shape index (κ3) is 4.49. The maximum absolute atomic E-state index is 9.06. The summed E-state index contributed by atoms with van der Waals surface area (Å²) in [6.45, 7) is 11.8. The van der Waals surface area contributed by atoms with Crippen molar-refractivity contribution in [1.29, 1.82) is 5.26 Å². The zero-order valence-corrected chi connectivity index (χ0v) is 16.5. The number of rotatable bonds is 5. The van der Waals surface area contributed by atoms with E-state index in [9.17, 15) is 0 Å². The molecule has 2 aromatic rings. The van der Waals surface area contributed by atoms with Gasteiger partial charge in [0, 0.05) is 17.6 Å². The molecule has 0 radical (unpaired) electrons. The van der Waals surface area contributed by atoms with Gasteiger partial charge in [-0.1, -0.05) is 39.3 Å². The average molecular weight is 362 g/mol. The zero-order valence-electron chi connectivity index (χ0n) is 14.9. The number of hydrogen-bond acceptors (Lipinski definition) is 3. The van der Waals surface area contributed by atoms with Crippen molar-refractivity contribution in [1.82, 2.24) is 4.57 Å². The first-order valence-corrected chi connectivity index (χ1v) is 9.49. The summed E-state index contributed by atoms with van der Waals surface area (Å²) in [4.78, 5) is 5.80. The van der Waals surface area contributed by atoms with Crippen molar-refractivity contribution < 1.29 is 0 Å². The largest absolute Gasteiger partial charge is 0.321 e. The van der Waals surface area contributed by atoms with Gasteiger partial charge in [-0.25, -0.2) is 4.99 Å². The maximum Gasteiger partial charge on any atom is 0.190 e. The highest BCUT2D eigenvalue weighted by molar-refractivity contribution is 7.07. The van der Waals surface area contributed by atoms with Gasteiger partial charge in [0.2, 0.25) is 0 Å². The molecule has 3 nitrogen and oxygen atoms in total. The summed E-state index contributed by atoms with van der Waals surface area (Å²) in [6.07, 6.45) is 1.04. The van der Waals surface area contributed by atoms with E-state index in [1.807, 2.05) is 13.0 Å². The number of aryl methyl sites for hydroxylation is 1. The molecular formula is C19H24ClN3S. The van der Waals surface area contributed by atoms with E-state index in [0.717, 1.165) is 29.0 Å². The SMILES string of the molecule is Cc1cc(C#N)cc(Cl)c1N=c1scc(CC(C)C)n1CC(C)C. The molecule has 0 N–H and O–H groups in total. The van der Waals surface area contributed by atoms with Crippen LogP contribution < -0.4 is 4.80 Å². The van der Waals surface area contributed by atoms with Gasteiger partial charge in [-0.15, -0.1) is 11.3 Å². The second-order valence-electron chi connectivity index (χ2n) is 6.96. The molecular weight excluding hydrogens is 338 g/mol. The van der Waals surface area contributed by atoms with E-state index in [-0.39, 0.29) is 0 Å². The molecule has 0 unspecified atom stereocenters. The van der Waals surface area contributed by atoms with Gasteiger partial charge in [0.05, 0.1) is 22.3 Å². The number of benzene rings is 1. The van der Waals surface area contributed by atoms with Crippen LogP contribution in [0.2, 0.25) is 5.02 Å². The molecule has 5 heteroatoms. The third-order valence-corrected chi connectivity index (χ3v) is 4.83. The predicted octanol–water partition coefficient (Wildman–Crippen LogP) is 5.47. The topological polar surface area (TPSA) is 41.1 Å². The number of nitrogens with zero attached hydrogens (tertiary/aromatic N) is 3. The Bertz CT molecular complexity index is 799. The van der Waals surface area contributed by atoms with Crippen LogP contribution in [0.1, 0.15) is 44.5 Å². The number of aromatic nitrogens is 1. The van der Waals surface area contributed by atoms with Gasteiger partial charge in [-0.05, 0) is 42.9 Å². The van der Waals surface area contributed by atoms with Gasteiger partial charge in [-0.3, -0.25) is 0 Å². The quantitative estimate of drug-likeness (QED) is 0.696. The lowest BCUT2D eigenvalue weighted by Gasteiger charge is -2.13. The lowest BCUT2D eigenvalue weighted by molar-refractivity contribution is 0.486. The Hall–Kier alpha value is -1.57. The summed E-state index contributed by atoms with van der Waals surface area (Å²) < 4.78 is 2.31. The van der Waals surface area contributed by atoms with Crippen molar-refractivity contribution in [2.24, 2.45) is 16.8 Å². The van der Waals surface area contributed by atoms with Gasteiger partial charge in [-0.2, -0.15) is 5.26 Å². The van der Waals surface area contributed by atoms with Gasteiger partial charge >= 0.3 is 0 Å². The molecule has 0 bridgehead atoms. The molecule has 0 amide bonds. The predicted molar refractivity (Wildman–Crippen MR) is 102 cm³/mol. The molecule has 0 fully saturated rings. The monoisotopic (exact) mass is 361 g/mol. The summed E-state index contributed by atoms with van der Waals surface area (Å²) >= 11 is 8.02. The highest BCUT2D eigenvalue weighted by Crippen LogP contribution is 2.30. The van der Waals surface area contributed by atoms with Crippen LogP contribution in [0, 0.1) is 30.1 Å². The second-order valence-corrected chi connectivity index (χ2v) is 8.20. The smallest absolute Gasteiger partial charge is 0.190 e. The lowest BCUT2D eigenvalue weighted by Crippen LogP contribution is -2.21. The van der Waals surface area contributed by atoms with E-state index in [1.54, 1.807) is 17.4 Å². The Morgan fingerprint density at radius 1 is 1.25 bits per heavy atom. The van der Waals surface area contributed by atoms with Gasteiger partial charge in [0.1, 0.15) is 0 Å². The molecule has 1 aromatic carbocycles. The lowest BCUT2D eigenvalue weighted by atomic mass is 10.1. The molecule has 2 rings (SSSR count). The van der Waals surface area contributed by atoms with E-state index < -0.39 is 0 Å². The van der Waals surface area contributed by atoms with Crippen molar-refractivity contribution in [2.45, 2.75) is 47.6 Å². The van der Waals surface area contributed by atoms with Crippen LogP contribution >= 0.6 is 22.9 Å². The number of hydrogen-bond donors (Lipinski definition) is 0. The van der Waals surface area contributed by atoms with Crippen molar-refractivity contribution >= 4 is 28.6 Å². The van der Waals surface area contributed by atoms with Crippen LogP contribution in [-0.2, 0) is 13.0 Å². The Morgan fingerprint density at radius 2 is 1.96 bits per heavy atom. The van der Waals surface area contributed by atoms with E-state index in [0.29, 0.717) is 22.4 Å². The number of thiazole rings is 1. The minimum absolute atomic E-state index is 0.529. The summed E-state index contributed by atoms with van der Waals surface area (Å²) in [5.41, 5.74) is 3.57. The number of halogens is 1. The van der Waals surface area contributed by atoms with E-state index in [1.165, 1.54) is 5.69 Å². The first kappa shape index (κ1) is 18.8. The van der Waals surface area contributed by atoms with E-state index in [2.05, 4.69) is 43.7 Å². The van der Waals surface area contributed by atoms with E-state index in [4.69, 9.17) is 21.9 Å². The average Bonchev–Trinajstić information content (AvgIpc) is 2.83. The molecule has 0 aliphatic heterocycles. The van der Waals surface area contributed by atoms with Gasteiger partial charge in [0.15, 0.2) is 4.80 Å². The molecule has 1 heterocycles. The fourth-order valence-corrected chi connectivity index (χ4v) is 3.87. The first-order chi connectivity index (χ1) is 11.3. The molecule has 0 saturated heterocycles. The van der Waals surface area contributed by atoms with Gasteiger partial charge in [0.25, 0.3) is 0 Å². The first-order valence-electron chi connectivity index (χ1n) is 8.24. The molecule has 0 aliphatic rings. The standard InChI is InChI=1S/C19H24ClN3S/c1-12(2)6-16-11-24-19(23(16)10-13(3)4)22-18-14(5)7-15(9-21)8-17(18)20/h7-8,11-13H,6,10H2,1-5H3. The molecule has 0 aliphatic carbocycles. The normalized spacial score (nSPS) is 12.2. The zero-order chi connectivity index (χ0) is 17.9. The van der Waals surface area contributed by atoms with Crippen LogP contribution in [0.15, 0.2) is 22.5 Å². The molecule has 0 spiro atoms.